The summed E-state index contributed by atoms with van der Waals surface area (Å²) in [6, 6.07) is 0. The zero-order valence-electron chi connectivity index (χ0n) is 24.6. The van der Waals surface area contributed by atoms with Crippen molar-refractivity contribution in [3.05, 3.63) is 85.5 Å². The molecule has 0 saturated carbocycles. The molecule has 0 radical (unpaired) electrons. The van der Waals surface area contributed by atoms with Gasteiger partial charge in [0.05, 0.1) is 5.71 Å². The van der Waals surface area contributed by atoms with Gasteiger partial charge in [-0.1, -0.05) is 25.3 Å². The molecule has 5 N–H and O–H groups in total. The average molecular weight is 583 g/mol. The number of nitrogens with one attached hydrogen (secondary N) is 3. The van der Waals surface area contributed by atoms with E-state index >= 15 is 0 Å². The first-order valence-corrected chi connectivity index (χ1v) is 13.8. The fourth-order valence-electron chi connectivity index (χ4n) is 5.32. The molecule has 0 aliphatic carbocycles. The van der Waals surface area contributed by atoms with E-state index in [-0.39, 0.29) is 31.6 Å². The highest BCUT2D eigenvalue weighted by molar-refractivity contribution is 6.30. The lowest BCUT2D eigenvalue weighted by atomic mass is 10.0. The molecule has 2 aliphatic rings. The Bertz CT molecular complexity index is 1860. The number of carboxylic acids is 2. The van der Waals surface area contributed by atoms with E-state index in [0.29, 0.717) is 39.1 Å². The summed E-state index contributed by atoms with van der Waals surface area (Å²) in [4.78, 5) is 57.9. The monoisotopic (exact) mass is 582 g/mol. The smallest absolute Gasteiger partial charge is 0.303 e. The molecule has 2 aromatic heterocycles. The highest BCUT2D eigenvalue weighted by Crippen LogP contribution is 2.28. The van der Waals surface area contributed by atoms with Crippen LogP contribution in [-0.2, 0) is 19.2 Å². The molecule has 0 aromatic carbocycles. The number of aromatic amines is 2. The van der Waals surface area contributed by atoms with Gasteiger partial charge in [0, 0.05) is 62.9 Å². The van der Waals surface area contributed by atoms with Gasteiger partial charge >= 0.3 is 11.9 Å². The number of carboxylic acid groups (broad SMARTS) is 2. The van der Waals surface area contributed by atoms with Gasteiger partial charge in [-0.25, -0.2) is 4.99 Å². The lowest BCUT2D eigenvalue weighted by molar-refractivity contribution is -0.138. The van der Waals surface area contributed by atoms with Crippen molar-refractivity contribution < 1.29 is 29.4 Å². The van der Waals surface area contributed by atoms with Crippen LogP contribution in [0.5, 0.6) is 0 Å². The summed E-state index contributed by atoms with van der Waals surface area (Å²) in [5.41, 5.74) is 8.41. The number of aliphatic carboxylic acids is 2. The number of aromatic nitrogens is 2. The van der Waals surface area contributed by atoms with E-state index in [1.807, 2.05) is 26.0 Å². The first-order chi connectivity index (χ1) is 20.4. The summed E-state index contributed by atoms with van der Waals surface area (Å²) in [7, 11) is 0. The summed E-state index contributed by atoms with van der Waals surface area (Å²) >= 11 is 0. The van der Waals surface area contributed by atoms with Crippen LogP contribution in [-0.4, -0.2) is 49.6 Å². The van der Waals surface area contributed by atoms with Crippen molar-refractivity contribution in [3.8, 4) is 0 Å². The van der Waals surface area contributed by atoms with Crippen molar-refractivity contribution in [1.29, 1.82) is 0 Å². The minimum atomic E-state index is -0.974. The van der Waals surface area contributed by atoms with E-state index in [1.54, 1.807) is 32.1 Å². The number of carbonyl (C=O) groups is 4. The van der Waals surface area contributed by atoms with Crippen LogP contribution >= 0.6 is 0 Å². The van der Waals surface area contributed by atoms with Crippen molar-refractivity contribution in [2.75, 3.05) is 0 Å². The fourth-order valence-corrected chi connectivity index (χ4v) is 5.32. The molecule has 222 valence electrons. The number of H-pyrrole nitrogens is 2. The first kappa shape index (κ1) is 30.7. The van der Waals surface area contributed by atoms with Gasteiger partial charge in [-0.2, -0.15) is 0 Å². The highest BCUT2D eigenvalue weighted by Gasteiger charge is 2.25. The molecule has 0 unspecified atom stereocenters. The summed E-state index contributed by atoms with van der Waals surface area (Å²) < 4.78 is 0. The van der Waals surface area contributed by atoms with Crippen LogP contribution in [0, 0.1) is 13.8 Å². The lowest BCUT2D eigenvalue weighted by Crippen LogP contribution is -2.16. The van der Waals surface area contributed by atoms with E-state index in [4.69, 9.17) is 10.2 Å². The third-order valence-corrected chi connectivity index (χ3v) is 7.88. The molecular formula is C33H34N4O6. The minimum absolute atomic E-state index is 0.122. The standard InChI is InChI=1S/C33H34N4O6/c1-7-20-16(3)24(34-28(20)14-26-18(5)22(32(42)36-26)9-11-30(38)39)13-25-17(4)21(8-2)29(35-25)15-27-19(6)23(33(43)37-27)10-12-31(40)41/h7-8,13-15,34-35H,1-2,9-12H2,3-6H3,(H,36,42)(H,38,39)(H,40,41)/b25-13-,26-14-,29-15-. The Balaban J connectivity index is 1.75. The van der Waals surface area contributed by atoms with Gasteiger partial charge in [-0.05, 0) is 81.0 Å². The first-order valence-electron chi connectivity index (χ1n) is 13.8. The number of carbonyl (C=O) groups excluding carboxylic acids is 2. The molecule has 0 saturated heterocycles. The summed E-state index contributed by atoms with van der Waals surface area (Å²) in [5.74, 6) is -2.65. The molecule has 0 bridgehead atoms. The zero-order valence-corrected chi connectivity index (χ0v) is 24.6. The number of hydrogen-bond acceptors (Lipinski definition) is 4. The predicted molar refractivity (Wildman–Crippen MR) is 166 cm³/mol. The van der Waals surface area contributed by atoms with Crippen LogP contribution in [0.3, 0.4) is 0 Å². The number of allylic oxidation sites excluding steroid dienone is 2. The third kappa shape index (κ3) is 6.18. The van der Waals surface area contributed by atoms with Crippen LogP contribution in [0.2, 0.25) is 0 Å². The van der Waals surface area contributed by atoms with E-state index < -0.39 is 17.8 Å². The maximum absolute atomic E-state index is 12.5. The maximum Gasteiger partial charge on any atom is 0.303 e. The maximum atomic E-state index is 12.5. The van der Waals surface area contributed by atoms with Gasteiger partial charge in [0.1, 0.15) is 0 Å². The van der Waals surface area contributed by atoms with Gasteiger partial charge in [0.2, 0.25) is 0 Å². The fraction of sp³-hybridized carbons (Fsp3) is 0.242. The summed E-state index contributed by atoms with van der Waals surface area (Å²) in [5, 5.41) is 22.4. The molecule has 43 heavy (non-hydrogen) atoms. The molecule has 4 rings (SSSR count). The normalized spacial score (nSPS) is 16.9. The largest absolute Gasteiger partial charge is 0.481 e. The van der Waals surface area contributed by atoms with Crippen molar-refractivity contribution in [2.24, 2.45) is 4.99 Å². The van der Waals surface area contributed by atoms with E-state index in [1.165, 1.54) is 0 Å². The number of nitrogens with zero attached hydrogens (tertiary/aromatic N) is 1. The topological polar surface area (TPSA) is 165 Å². The van der Waals surface area contributed by atoms with Crippen LogP contribution in [0.25, 0.3) is 30.4 Å². The molecule has 0 spiro atoms. The third-order valence-electron chi connectivity index (χ3n) is 7.88. The average Bonchev–Trinajstić information content (AvgIpc) is 3.58. The van der Waals surface area contributed by atoms with E-state index in [9.17, 15) is 19.2 Å². The van der Waals surface area contributed by atoms with Crippen LogP contribution < -0.4 is 16.0 Å². The number of rotatable bonds is 11. The Morgan fingerprint density at radius 3 is 2.00 bits per heavy atom. The highest BCUT2D eigenvalue weighted by atomic mass is 16.4. The summed E-state index contributed by atoms with van der Waals surface area (Å²) in [6.45, 7) is 15.4. The van der Waals surface area contributed by atoms with Gasteiger partial charge in [-0.3, -0.25) is 19.2 Å². The van der Waals surface area contributed by atoms with E-state index in [2.05, 4.69) is 33.4 Å². The van der Waals surface area contributed by atoms with Gasteiger partial charge < -0.3 is 25.5 Å². The second kappa shape index (κ2) is 12.3. The predicted octanol–water partition coefficient (Wildman–Crippen LogP) is 3.67. The molecule has 2 amide bonds. The quantitative estimate of drug-likeness (QED) is 0.271. The molecule has 2 aliphatic heterocycles. The van der Waals surface area contributed by atoms with Gasteiger partial charge in [0.25, 0.3) is 11.8 Å². The van der Waals surface area contributed by atoms with Crippen LogP contribution in [0.1, 0.15) is 73.2 Å². The molecule has 2 aromatic rings. The molecule has 10 heteroatoms. The SMILES string of the molecule is C=Cc1c(/C=C2\NC(=O)C(CCC(=O)O)=C2C)[nH]c(/C=c2\[nH]/c(=C\C3=NC(=O)C(CCC(=O)O)=C3C)c(C=C)c2C)c1C. The molecule has 0 atom stereocenters. The molecule has 4 heterocycles. The Kier molecular flexibility index (Phi) is 8.80. The van der Waals surface area contributed by atoms with Crippen molar-refractivity contribution in [2.45, 2.75) is 53.4 Å². The number of hydrogen-bond donors (Lipinski definition) is 5. The Morgan fingerprint density at radius 1 is 0.767 bits per heavy atom. The number of amides is 2. The van der Waals surface area contributed by atoms with Crippen molar-refractivity contribution in [1.82, 2.24) is 15.3 Å². The second-order valence-electron chi connectivity index (χ2n) is 10.5. The lowest BCUT2D eigenvalue weighted by Gasteiger charge is -2.01. The van der Waals surface area contributed by atoms with Crippen LogP contribution in [0.4, 0.5) is 0 Å². The molecule has 10 nitrogen and oxygen atoms in total. The van der Waals surface area contributed by atoms with Gasteiger partial charge in [-0.15, -0.1) is 0 Å². The second-order valence-corrected chi connectivity index (χ2v) is 10.5. The Labute approximate surface area is 248 Å². The Morgan fingerprint density at radius 2 is 1.40 bits per heavy atom. The molecule has 0 fully saturated rings. The zero-order chi connectivity index (χ0) is 31.6. The minimum Gasteiger partial charge on any atom is -0.481 e. The van der Waals surface area contributed by atoms with Crippen molar-refractivity contribution >= 4 is 59.8 Å². The van der Waals surface area contributed by atoms with Gasteiger partial charge in [0.15, 0.2) is 0 Å². The Hall–Kier alpha value is -5.25. The molecular weight excluding hydrogens is 548 g/mol. The van der Waals surface area contributed by atoms with Crippen LogP contribution in [0.15, 0.2) is 46.1 Å². The summed E-state index contributed by atoms with van der Waals surface area (Å²) in [6.07, 6.45) is 9.02. The number of aliphatic imine (C=N–C) groups is 1. The van der Waals surface area contributed by atoms with E-state index in [0.717, 1.165) is 39.0 Å². The van der Waals surface area contributed by atoms with Crippen molar-refractivity contribution in [3.63, 3.8) is 0 Å².